The number of nitrogens with zero attached hydrogens (tertiary/aromatic N) is 4. The fourth-order valence-corrected chi connectivity index (χ4v) is 3.75. The molecule has 176 valence electrons. The maximum Gasteiger partial charge on any atom is 0.416 e. The molecule has 2 fully saturated rings. The number of aromatic nitrogens is 3. The van der Waals surface area contributed by atoms with E-state index in [0.717, 1.165) is 30.7 Å². The SMILES string of the molecule is O=C(Nc1ccnnc1)c1nc(C2CC2)ccc1N1CC(Oc2cc(F)cc(C(F)(F)F)c2)C1. The number of rotatable bonds is 6. The monoisotopic (exact) mass is 473 g/mol. The molecule has 1 saturated carbocycles. The molecule has 0 unspecified atom stereocenters. The maximum absolute atomic E-state index is 13.6. The molecular weight excluding hydrogens is 454 g/mol. The third kappa shape index (κ3) is 4.78. The Balaban J connectivity index is 1.31. The molecule has 1 aliphatic carbocycles. The number of alkyl halides is 3. The summed E-state index contributed by atoms with van der Waals surface area (Å²) in [4.78, 5) is 19.4. The van der Waals surface area contributed by atoms with Crippen LogP contribution in [0.15, 0.2) is 48.8 Å². The smallest absolute Gasteiger partial charge is 0.416 e. The summed E-state index contributed by atoms with van der Waals surface area (Å²) in [6.07, 6.45) is -0.217. The van der Waals surface area contributed by atoms with Gasteiger partial charge in [0.2, 0.25) is 0 Å². The lowest BCUT2D eigenvalue weighted by atomic mass is 10.1. The van der Waals surface area contributed by atoms with Crippen LogP contribution in [0, 0.1) is 5.82 Å². The minimum Gasteiger partial charge on any atom is -0.487 e. The first-order valence-electron chi connectivity index (χ1n) is 10.6. The number of ether oxygens (including phenoxy) is 1. The molecule has 5 rings (SSSR count). The highest BCUT2D eigenvalue weighted by Crippen LogP contribution is 2.40. The van der Waals surface area contributed by atoms with Crippen LogP contribution < -0.4 is 15.0 Å². The second kappa shape index (κ2) is 8.54. The molecule has 1 amide bonds. The highest BCUT2D eigenvalue weighted by atomic mass is 19.4. The van der Waals surface area contributed by atoms with Crippen molar-refractivity contribution in [2.45, 2.75) is 31.0 Å². The Kier molecular flexibility index (Phi) is 5.54. The van der Waals surface area contributed by atoms with E-state index in [1.807, 2.05) is 17.0 Å². The molecule has 11 heteroatoms. The van der Waals surface area contributed by atoms with Gasteiger partial charge in [-0.05, 0) is 43.2 Å². The van der Waals surface area contributed by atoms with E-state index in [0.29, 0.717) is 36.4 Å². The molecule has 3 heterocycles. The van der Waals surface area contributed by atoms with Gasteiger partial charge in [-0.25, -0.2) is 9.37 Å². The Labute approximate surface area is 191 Å². The van der Waals surface area contributed by atoms with Gasteiger partial charge in [-0.1, -0.05) is 0 Å². The van der Waals surface area contributed by atoms with E-state index < -0.39 is 29.6 Å². The summed E-state index contributed by atoms with van der Waals surface area (Å²) in [5.41, 5.74) is 1.03. The highest BCUT2D eigenvalue weighted by Gasteiger charge is 2.35. The molecule has 2 aromatic heterocycles. The van der Waals surface area contributed by atoms with Crippen molar-refractivity contribution in [1.82, 2.24) is 15.2 Å². The van der Waals surface area contributed by atoms with E-state index >= 15 is 0 Å². The molecule has 1 aromatic carbocycles. The topological polar surface area (TPSA) is 80.2 Å². The van der Waals surface area contributed by atoms with Gasteiger partial charge >= 0.3 is 6.18 Å². The van der Waals surface area contributed by atoms with Crippen LogP contribution in [0.3, 0.4) is 0 Å². The van der Waals surface area contributed by atoms with Crippen LogP contribution in [-0.2, 0) is 6.18 Å². The number of hydrogen-bond acceptors (Lipinski definition) is 6. The molecule has 3 aromatic rings. The van der Waals surface area contributed by atoms with Gasteiger partial charge in [0.25, 0.3) is 5.91 Å². The van der Waals surface area contributed by atoms with E-state index in [2.05, 4.69) is 20.5 Å². The van der Waals surface area contributed by atoms with Crippen molar-refractivity contribution in [3.05, 3.63) is 71.6 Å². The third-order valence-corrected chi connectivity index (χ3v) is 5.64. The lowest BCUT2D eigenvalue weighted by Crippen LogP contribution is -2.54. The van der Waals surface area contributed by atoms with Crippen LogP contribution in [0.4, 0.5) is 28.9 Å². The van der Waals surface area contributed by atoms with Gasteiger partial charge < -0.3 is 15.0 Å². The number of pyridine rings is 1. The molecule has 0 radical (unpaired) electrons. The standard InChI is InChI=1S/C23H19F4N5O2/c24-15-7-14(23(25,26)27)8-17(9-15)34-18-11-32(12-18)20-4-3-19(13-1-2-13)31-21(20)22(33)30-16-5-6-28-29-10-16/h3-10,13,18H,1-2,11-12H2,(H,28,30,33). The van der Waals surface area contributed by atoms with Crippen molar-refractivity contribution in [1.29, 1.82) is 0 Å². The second-order valence-corrected chi connectivity index (χ2v) is 8.28. The van der Waals surface area contributed by atoms with Gasteiger partial charge in [0, 0.05) is 17.7 Å². The predicted molar refractivity (Wildman–Crippen MR) is 114 cm³/mol. The molecule has 2 aliphatic rings. The lowest BCUT2D eigenvalue weighted by Gasteiger charge is -2.41. The van der Waals surface area contributed by atoms with Crippen molar-refractivity contribution in [3.63, 3.8) is 0 Å². The molecule has 1 aliphatic heterocycles. The zero-order chi connectivity index (χ0) is 23.9. The summed E-state index contributed by atoms with van der Waals surface area (Å²) < 4.78 is 58.1. The molecular formula is C23H19F4N5O2. The van der Waals surface area contributed by atoms with Crippen LogP contribution in [0.25, 0.3) is 0 Å². The normalized spacial score (nSPS) is 16.2. The van der Waals surface area contributed by atoms with Gasteiger partial charge in [-0.15, -0.1) is 0 Å². The fraction of sp³-hybridized carbons (Fsp3) is 0.304. The van der Waals surface area contributed by atoms with Crippen molar-refractivity contribution >= 4 is 17.3 Å². The number of carbonyl (C=O) groups excluding carboxylic acids is 1. The minimum absolute atomic E-state index is 0.192. The van der Waals surface area contributed by atoms with E-state index in [9.17, 15) is 22.4 Å². The summed E-state index contributed by atoms with van der Waals surface area (Å²) in [6, 6.07) is 7.44. The van der Waals surface area contributed by atoms with Crippen LogP contribution in [0.5, 0.6) is 5.75 Å². The number of amides is 1. The molecule has 7 nitrogen and oxygen atoms in total. The molecule has 1 N–H and O–H groups in total. The number of nitrogens with one attached hydrogen (secondary N) is 1. The van der Waals surface area contributed by atoms with E-state index in [4.69, 9.17) is 4.74 Å². The predicted octanol–water partition coefficient (Wildman–Crippen LogP) is 4.43. The van der Waals surface area contributed by atoms with Crippen LogP contribution in [0.1, 0.15) is 40.5 Å². The summed E-state index contributed by atoms with van der Waals surface area (Å²) in [5.74, 6) is -1.28. The van der Waals surface area contributed by atoms with Crippen molar-refractivity contribution < 1.29 is 27.1 Å². The molecule has 0 atom stereocenters. The first kappa shape index (κ1) is 22.1. The van der Waals surface area contributed by atoms with Crippen molar-refractivity contribution in [2.75, 3.05) is 23.3 Å². The quantitative estimate of drug-likeness (QED) is 0.534. The number of anilines is 2. The third-order valence-electron chi connectivity index (χ3n) is 5.64. The molecule has 1 saturated heterocycles. The maximum atomic E-state index is 13.6. The van der Waals surface area contributed by atoms with Crippen LogP contribution in [-0.4, -0.2) is 40.3 Å². The van der Waals surface area contributed by atoms with Crippen LogP contribution >= 0.6 is 0 Å². The average molecular weight is 473 g/mol. The number of hydrogen-bond donors (Lipinski definition) is 1. The van der Waals surface area contributed by atoms with E-state index in [1.54, 1.807) is 6.07 Å². The van der Waals surface area contributed by atoms with Gasteiger partial charge in [-0.3, -0.25) is 4.79 Å². The van der Waals surface area contributed by atoms with Crippen molar-refractivity contribution in [2.24, 2.45) is 0 Å². The largest absolute Gasteiger partial charge is 0.487 e. The zero-order valence-corrected chi connectivity index (χ0v) is 17.7. The van der Waals surface area contributed by atoms with Gasteiger partial charge in [0.15, 0.2) is 5.69 Å². The summed E-state index contributed by atoms with van der Waals surface area (Å²) in [5, 5.41) is 10.2. The first-order chi connectivity index (χ1) is 16.3. The molecule has 0 spiro atoms. The van der Waals surface area contributed by atoms with Gasteiger partial charge in [-0.2, -0.15) is 23.4 Å². The summed E-state index contributed by atoms with van der Waals surface area (Å²) >= 11 is 0. The molecule has 34 heavy (non-hydrogen) atoms. The Bertz CT molecular complexity index is 1210. The van der Waals surface area contributed by atoms with Crippen LogP contribution in [0.2, 0.25) is 0 Å². The Morgan fingerprint density at radius 2 is 1.88 bits per heavy atom. The second-order valence-electron chi connectivity index (χ2n) is 8.28. The Morgan fingerprint density at radius 3 is 2.56 bits per heavy atom. The number of halogens is 4. The first-order valence-corrected chi connectivity index (χ1v) is 10.6. The summed E-state index contributed by atoms with van der Waals surface area (Å²) in [6.45, 7) is 0.610. The number of carbonyl (C=O) groups is 1. The Hall–Kier alpha value is -3.76. The van der Waals surface area contributed by atoms with E-state index in [-0.39, 0.29) is 11.4 Å². The van der Waals surface area contributed by atoms with Gasteiger partial charge in [0.1, 0.15) is 17.7 Å². The zero-order valence-electron chi connectivity index (χ0n) is 17.7. The Morgan fingerprint density at radius 1 is 1.09 bits per heavy atom. The number of benzene rings is 1. The highest BCUT2D eigenvalue weighted by molar-refractivity contribution is 6.06. The van der Waals surface area contributed by atoms with E-state index in [1.165, 1.54) is 12.4 Å². The lowest BCUT2D eigenvalue weighted by molar-refractivity contribution is -0.137. The average Bonchev–Trinajstić information content (AvgIpc) is 3.61. The molecule has 0 bridgehead atoms. The fourth-order valence-electron chi connectivity index (χ4n) is 3.75. The van der Waals surface area contributed by atoms with Gasteiger partial charge in [0.05, 0.1) is 42.4 Å². The van der Waals surface area contributed by atoms with Crippen molar-refractivity contribution in [3.8, 4) is 5.75 Å². The minimum atomic E-state index is -4.67. The summed E-state index contributed by atoms with van der Waals surface area (Å²) in [7, 11) is 0.